The van der Waals surface area contributed by atoms with Crippen LogP contribution in [0.1, 0.15) is 12.0 Å². The number of benzene rings is 1. The number of hydrogen-bond donors (Lipinski definition) is 3. The van der Waals surface area contributed by atoms with E-state index in [1.165, 1.54) is 18.2 Å². The van der Waals surface area contributed by atoms with Gasteiger partial charge in [0.25, 0.3) is 0 Å². The Balaban J connectivity index is 2.26. The number of aromatic hydroxyl groups is 1. The molecule has 1 saturated heterocycles. The molecule has 0 bridgehead atoms. The summed E-state index contributed by atoms with van der Waals surface area (Å²) in [5.41, 5.74) is -1.62. The molecule has 0 radical (unpaired) electrons. The molecule has 1 fully saturated rings. The zero-order chi connectivity index (χ0) is 15.0. The van der Waals surface area contributed by atoms with Gasteiger partial charge in [-0.2, -0.15) is 13.2 Å². The summed E-state index contributed by atoms with van der Waals surface area (Å²) in [6.07, 6.45) is -4.88. The Morgan fingerprint density at radius 1 is 1.45 bits per heavy atom. The Morgan fingerprint density at radius 2 is 2.15 bits per heavy atom. The Bertz CT molecular complexity index is 523. The second-order valence-corrected chi connectivity index (χ2v) is 4.96. The van der Waals surface area contributed by atoms with Crippen molar-refractivity contribution in [2.45, 2.75) is 19.5 Å². The highest BCUT2D eigenvalue weighted by atomic mass is 19.4. The Labute approximate surface area is 114 Å². The van der Waals surface area contributed by atoms with Crippen molar-refractivity contribution in [3.63, 3.8) is 0 Å². The van der Waals surface area contributed by atoms with E-state index >= 15 is 0 Å². The molecule has 7 heteroatoms. The molecule has 0 aliphatic carbocycles. The summed E-state index contributed by atoms with van der Waals surface area (Å²) in [5, 5.41) is 14.2. The van der Waals surface area contributed by atoms with Crippen LogP contribution < -0.4 is 10.6 Å². The van der Waals surface area contributed by atoms with Crippen molar-refractivity contribution in [3.8, 4) is 5.75 Å². The van der Waals surface area contributed by atoms with Crippen molar-refractivity contribution in [1.29, 1.82) is 0 Å². The van der Waals surface area contributed by atoms with Crippen LogP contribution in [0.3, 0.4) is 0 Å². The summed E-state index contributed by atoms with van der Waals surface area (Å²) in [5.74, 6) is -1.07. The van der Waals surface area contributed by atoms with E-state index in [0.29, 0.717) is 5.56 Å². The minimum atomic E-state index is -4.61. The third-order valence-electron chi connectivity index (χ3n) is 3.59. The summed E-state index contributed by atoms with van der Waals surface area (Å²) in [6.45, 7) is 1.34. The van der Waals surface area contributed by atoms with Gasteiger partial charge in [0.15, 0.2) is 5.41 Å². The van der Waals surface area contributed by atoms with Gasteiger partial charge in [-0.15, -0.1) is 0 Å². The van der Waals surface area contributed by atoms with Gasteiger partial charge in [0.1, 0.15) is 5.75 Å². The number of anilines is 1. The molecule has 1 aliphatic rings. The third kappa shape index (κ3) is 2.45. The average molecular weight is 288 g/mol. The maximum atomic E-state index is 13.2. The van der Waals surface area contributed by atoms with Crippen molar-refractivity contribution < 1.29 is 23.1 Å². The highest BCUT2D eigenvalue weighted by Gasteiger charge is 2.61. The monoisotopic (exact) mass is 288 g/mol. The first-order chi connectivity index (χ1) is 9.26. The zero-order valence-corrected chi connectivity index (χ0v) is 10.8. The van der Waals surface area contributed by atoms with Crippen LogP contribution in [0, 0.1) is 12.3 Å². The lowest BCUT2D eigenvalue weighted by Gasteiger charge is -2.29. The van der Waals surface area contributed by atoms with Gasteiger partial charge in [-0.1, -0.05) is 0 Å². The fraction of sp³-hybridized carbons (Fsp3) is 0.462. The van der Waals surface area contributed by atoms with Gasteiger partial charge in [0.2, 0.25) is 5.91 Å². The summed E-state index contributed by atoms with van der Waals surface area (Å²) >= 11 is 0. The number of carbonyl (C=O) groups is 1. The van der Waals surface area contributed by atoms with Crippen LogP contribution in [0.25, 0.3) is 0 Å². The molecule has 1 heterocycles. The van der Waals surface area contributed by atoms with E-state index in [1.807, 2.05) is 0 Å². The number of amides is 1. The van der Waals surface area contributed by atoms with Crippen molar-refractivity contribution in [1.82, 2.24) is 5.32 Å². The van der Waals surface area contributed by atoms with Crippen LogP contribution in [0.5, 0.6) is 5.75 Å². The number of rotatable bonds is 2. The molecule has 2 rings (SSSR count). The SMILES string of the molecule is Cc1cc(O)ccc1NC(=O)C1(C(F)(F)F)CCNC1. The molecule has 1 aromatic carbocycles. The first-order valence-electron chi connectivity index (χ1n) is 6.15. The quantitative estimate of drug-likeness (QED) is 0.731. The maximum absolute atomic E-state index is 13.2. The number of alkyl halides is 3. The average Bonchev–Trinajstić information content (AvgIpc) is 2.82. The standard InChI is InChI=1S/C13H15F3N2O2/c1-8-6-9(19)2-3-10(8)18-11(20)12(13(14,15)16)4-5-17-7-12/h2-3,6,17,19H,4-5,7H2,1H3,(H,18,20). The smallest absolute Gasteiger partial charge is 0.404 e. The first kappa shape index (κ1) is 14.6. The van der Waals surface area contributed by atoms with E-state index in [2.05, 4.69) is 10.6 Å². The number of nitrogens with one attached hydrogen (secondary N) is 2. The number of aryl methyl sites for hydroxylation is 1. The van der Waals surface area contributed by atoms with Crippen molar-refractivity contribution >= 4 is 11.6 Å². The lowest BCUT2D eigenvalue weighted by Crippen LogP contribution is -2.49. The molecule has 0 saturated carbocycles. The molecule has 110 valence electrons. The summed E-state index contributed by atoms with van der Waals surface area (Å²) < 4.78 is 39.6. The lowest BCUT2D eigenvalue weighted by molar-refractivity contribution is -0.213. The summed E-state index contributed by atoms with van der Waals surface area (Å²) in [7, 11) is 0. The molecular weight excluding hydrogens is 273 g/mol. The van der Waals surface area contributed by atoms with E-state index < -0.39 is 24.0 Å². The molecule has 1 aromatic rings. The van der Waals surface area contributed by atoms with Gasteiger partial charge < -0.3 is 15.7 Å². The van der Waals surface area contributed by atoms with Gasteiger partial charge in [-0.05, 0) is 43.7 Å². The second kappa shape index (κ2) is 4.97. The van der Waals surface area contributed by atoms with Gasteiger partial charge in [-0.3, -0.25) is 4.79 Å². The second-order valence-electron chi connectivity index (χ2n) is 4.96. The topological polar surface area (TPSA) is 61.4 Å². The molecule has 1 atom stereocenters. The van der Waals surface area contributed by atoms with Crippen LogP contribution in [0.4, 0.5) is 18.9 Å². The van der Waals surface area contributed by atoms with E-state index in [0.717, 1.165) is 0 Å². The normalized spacial score (nSPS) is 22.8. The molecule has 1 amide bonds. The molecule has 4 nitrogen and oxygen atoms in total. The highest BCUT2D eigenvalue weighted by Crippen LogP contribution is 2.44. The highest BCUT2D eigenvalue weighted by molar-refractivity contribution is 5.97. The number of halogens is 3. The molecule has 0 aromatic heterocycles. The van der Waals surface area contributed by atoms with Crippen LogP contribution in [0.2, 0.25) is 0 Å². The molecular formula is C13H15F3N2O2. The van der Waals surface area contributed by atoms with Crippen LogP contribution in [0.15, 0.2) is 18.2 Å². The fourth-order valence-electron chi connectivity index (χ4n) is 2.29. The van der Waals surface area contributed by atoms with E-state index in [1.54, 1.807) is 6.92 Å². The number of phenols is 1. The third-order valence-corrected chi connectivity index (χ3v) is 3.59. The van der Waals surface area contributed by atoms with Crippen LogP contribution >= 0.6 is 0 Å². The summed E-state index contributed by atoms with van der Waals surface area (Å²) in [4.78, 5) is 12.1. The Hall–Kier alpha value is -1.76. The largest absolute Gasteiger partial charge is 0.508 e. The molecule has 1 aliphatic heterocycles. The molecule has 20 heavy (non-hydrogen) atoms. The van der Waals surface area contributed by atoms with Gasteiger partial charge in [0.05, 0.1) is 0 Å². The molecule has 0 spiro atoms. The van der Waals surface area contributed by atoms with E-state index in [4.69, 9.17) is 0 Å². The predicted octanol–water partition coefficient (Wildman–Crippen LogP) is 2.18. The molecule has 1 unspecified atom stereocenters. The maximum Gasteiger partial charge on any atom is 0.404 e. The van der Waals surface area contributed by atoms with Gasteiger partial charge in [0, 0.05) is 12.2 Å². The number of phenolic OH excluding ortho intramolecular Hbond substituents is 1. The van der Waals surface area contributed by atoms with Gasteiger partial charge >= 0.3 is 6.18 Å². The summed E-state index contributed by atoms with van der Waals surface area (Å²) in [6, 6.07) is 4.08. The minimum Gasteiger partial charge on any atom is -0.508 e. The first-order valence-corrected chi connectivity index (χ1v) is 6.15. The van der Waals surface area contributed by atoms with Crippen molar-refractivity contribution in [2.24, 2.45) is 5.41 Å². The van der Waals surface area contributed by atoms with Gasteiger partial charge in [-0.25, -0.2) is 0 Å². The van der Waals surface area contributed by atoms with E-state index in [-0.39, 0.29) is 24.4 Å². The number of hydrogen-bond acceptors (Lipinski definition) is 3. The van der Waals surface area contributed by atoms with Crippen molar-refractivity contribution in [2.75, 3.05) is 18.4 Å². The Kier molecular flexibility index (Phi) is 3.64. The van der Waals surface area contributed by atoms with Crippen LogP contribution in [-0.2, 0) is 4.79 Å². The fourth-order valence-corrected chi connectivity index (χ4v) is 2.29. The zero-order valence-electron chi connectivity index (χ0n) is 10.8. The lowest BCUT2D eigenvalue weighted by atomic mass is 9.85. The van der Waals surface area contributed by atoms with E-state index in [9.17, 15) is 23.1 Å². The van der Waals surface area contributed by atoms with Crippen molar-refractivity contribution in [3.05, 3.63) is 23.8 Å². The Morgan fingerprint density at radius 3 is 2.65 bits per heavy atom. The predicted molar refractivity (Wildman–Crippen MR) is 67.4 cm³/mol. The number of carbonyl (C=O) groups excluding carboxylic acids is 1. The minimum absolute atomic E-state index is 0.00596. The molecule has 3 N–H and O–H groups in total. The van der Waals surface area contributed by atoms with Crippen LogP contribution in [-0.4, -0.2) is 30.3 Å².